The molecule has 1 fully saturated rings. The van der Waals surface area contributed by atoms with Gasteiger partial charge in [-0.25, -0.2) is 0 Å². The van der Waals surface area contributed by atoms with E-state index in [0.29, 0.717) is 0 Å². The van der Waals surface area contributed by atoms with E-state index in [4.69, 9.17) is 4.52 Å². The van der Waals surface area contributed by atoms with E-state index in [1.54, 1.807) is 0 Å². The zero-order chi connectivity index (χ0) is 14.1. The van der Waals surface area contributed by atoms with Crippen molar-refractivity contribution in [3.63, 3.8) is 0 Å². The average Bonchev–Trinajstić information content (AvgIpc) is 3.06. The first-order valence-electron chi connectivity index (χ1n) is 6.97. The zero-order valence-electron chi connectivity index (χ0n) is 11.8. The molecule has 2 aromatic rings. The van der Waals surface area contributed by atoms with Crippen LogP contribution in [0.15, 0.2) is 34.9 Å². The standard InChI is InChI=1S/C16H18N2O2/c1-11-15(12(2)20-17-11)14-9-6-10-18(14)16(19)13-7-4-3-5-8-13/h3-5,7-8,14H,6,9-10H2,1-2H3/t14-/m0/s1. The largest absolute Gasteiger partial charge is 0.361 e. The maximum Gasteiger partial charge on any atom is 0.254 e. The molecule has 104 valence electrons. The second-order valence-corrected chi connectivity index (χ2v) is 5.26. The zero-order valence-corrected chi connectivity index (χ0v) is 11.8. The van der Waals surface area contributed by atoms with Crippen LogP contribution in [-0.4, -0.2) is 22.5 Å². The number of amides is 1. The molecule has 2 heterocycles. The van der Waals surface area contributed by atoms with Gasteiger partial charge in [0.25, 0.3) is 5.91 Å². The van der Waals surface area contributed by atoms with Crippen molar-refractivity contribution in [2.75, 3.05) is 6.54 Å². The molecule has 0 saturated carbocycles. The number of carbonyl (C=O) groups is 1. The highest BCUT2D eigenvalue weighted by molar-refractivity contribution is 5.94. The van der Waals surface area contributed by atoms with Gasteiger partial charge in [-0.15, -0.1) is 0 Å². The van der Waals surface area contributed by atoms with Crippen molar-refractivity contribution in [2.24, 2.45) is 0 Å². The Bertz CT molecular complexity index is 599. The monoisotopic (exact) mass is 270 g/mol. The molecule has 3 rings (SSSR count). The summed E-state index contributed by atoms with van der Waals surface area (Å²) in [5.74, 6) is 0.911. The molecule has 0 unspecified atom stereocenters. The number of hydrogen-bond acceptors (Lipinski definition) is 3. The minimum atomic E-state index is 0.0908. The summed E-state index contributed by atoms with van der Waals surface area (Å²) in [7, 11) is 0. The Hall–Kier alpha value is -2.10. The van der Waals surface area contributed by atoms with Gasteiger partial charge in [-0.2, -0.15) is 0 Å². The Balaban J connectivity index is 1.92. The minimum Gasteiger partial charge on any atom is -0.361 e. The van der Waals surface area contributed by atoms with Crippen LogP contribution in [0.5, 0.6) is 0 Å². The van der Waals surface area contributed by atoms with Crippen LogP contribution >= 0.6 is 0 Å². The van der Waals surface area contributed by atoms with Crippen molar-refractivity contribution in [1.29, 1.82) is 0 Å². The molecule has 1 aliphatic heterocycles. The lowest BCUT2D eigenvalue weighted by molar-refractivity contribution is 0.0734. The van der Waals surface area contributed by atoms with Crippen LogP contribution in [-0.2, 0) is 0 Å². The fraction of sp³-hybridized carbons (Fsp3) is 0.375. The van der Waals surface area contributed by atoms with Crippen LogP contribution in [0, 0.1) is 13.8 Å². The topological polar surface area (TPSA) is 46.3 Å². The van der Waals surface area contributed by atoms with Gasteiger partial charge in [0, 0.05) is 17.7 Å². The Labute approximate surface area is 118 Å². The van der Waals surface area contributed by atoms with Crippen molar-refractivity contribution in [1.82, 2.24) is 10.1 Å². The highest BCUT2D eigenvalue weighted by Crippen LogP contribution is 2.36. The van der Waals surface area contributed by atoms with Crippen molar-refractivity contribution in [2.45, 2.75) is 32.7 Å². The molecular weight excluding hydrogens is 252 g/mol. The molecular formula is C16H18N2O2. The van der Waals surface area contributed by atoms with Gasteiger partial charge >= 0.3 is 0 Å². The lowest BCUT2D eigenvalue weighted by atomic mass is 10.0. The summed E-state index contributed by atoms with van der Waals surface area (Å²) in [6.07, 6.45) is 1.99. The molecule has 0 spiro atoms. The number of hydrogen-bond donors (Lipinski definition) is 0. The number of nitrogens with zero attached hydrogens (tertiary/aromatic N) is 2. The molecule has 1 saturated heterocycles. The first kappa shape index (κ1) is 12.9. The van der Waals surface area contributed by atoms with E-state index in [-0.39, 0.29) is 11.9 Å². The van der Waals surface area contributed by atoms with Crippen LogP contribution in [0.25, 0.3) is 0 Å². The van der Waals surface area contributed by atoms with Crippen molar-refractivity contribution in [3.8, 4) is 0 Å². The number of benzene rings is 1. The number of aryl methyl sites for hydroxylation is 2. The molecule has 0 bridgehead atoms. The lowest BCUT2D eigenvalue weighted by Gasteiger charge is -2.24. The van der Waals surface area contributed by atoms with Gasteiger partial charge in [-0.3, -0.25) is 4.79 Å². The molecule has 0 radical (unpaired) electrons. The van der Waals surface area contributed by atoms with E-state index in [2.05, 4.69) is 5.16 Å². The Kier molecular flexibility index (Phi) is 3.30. The molecule has 1 amide bonds. The maximum atomic E-state index is 12.7. The number of aromatic nitrogens is 1. The molecule has 4 nitrogen and oxygen atoms in total. The summed E-state index contributed by atoms with van der Waals surface area (Å²) in [6, 6.07) is 9.54. The lowest BCUT2D eigenvalue weighted by Crippen LogP contribution is -2.31. The third-order valence-electron chi connectivity index (χ3n) is 3.96. The van der Waals surface area contributed by atoms with Gasteiger partial charge in [0.1, 0.15) is 5.76 Å². The Morgan fingerprint density at radius 2 is 2.05 bits per heavy atom. The summed E-state index contributed by atoms with van der Waals surface area (Å²) >= 11 is 0. The highest BCUT2D eigenvalue weighted by atomic mass is 16.5. The SMILES string of the molecule is Cc1noc(C)c1[C@@H]1CCCN1C(=O)c1ccccc1. The molecule has 20 heavy (non-hydrogen) atoms. The molecule has 1 atom stereocenters. The third-order valence-corrected chi connectivity index (χ3v) is 3.96. The Morgan fingerprint density at radius 1 is 1.30 bits per heavy atom. The summed E-state index contributed by atoms with van der Waals surface area (Å²) in [6.45, 7) is 4.65. The van der Waals surface area contributed by atoms with E-state index in [1.807, 2.05) is 49.1 Å². The van der Waals surface area contributed by atoms with Crippen LogP contribution < -0.4 is 0 Å². The normalized spacial score (nSPS) is 18.5. The highest BCUT2D eigenvalue weighted by Gasteiger charge is 2.34. The number of likely N-dealkylation sites (tertiary alicyclic amines) is 1. The first-order valence-corrected chi connectivity index (χ1v) is 6.97. The second-order valence-electron chi connectivity index (χ2n) is 5.26. The average molecular weight is 270 g/mol. The smallest absolute Gasteiger partial charge is 0.254 e. The van der Waals surface area contributed by atoms with Crippen LogP contribution in [0.2, 0.25) is 0 Å². The number of rotatable bonds is 2. The first-order chi connectivity index (χ1) is 9.68. The van der Waals surface area contributed by atoms with E-state index < -0.39 is 0 Å². The second kappa shape index (κ2) is 5.12. The van der Waals surface area contributed by atoms with Gasteiger partial charge < -0.3 is 9.42 Å². The quantitative estimate of drug-likeness (QED) is 0.841. The number of carbonyl (C=O) groups excluding carboxylic acids is 1. The molecule has 1 aromatic carbocycles. The minimum absolute atomic E-state index is 0.0908. The fourth-order valence-electron chi connectivity index (χ4n) is 3.02. The van der Waals surface area contributed by atoms with E-state index in [9.17, 15) is 4.79 Å². The van der Waals surface area contributed by atoms with Crippen LogP contribution in [0.3, 0.4) is 0 Å². The summed E-state index contributed by atoms with van der Waals surface area (Å²) in [5, 5.41) is 4.01. The van der Waals surface area contributed by atoms with Gasteiger partial charge in [0.2, 0.25) is 0 Å². The maximum absolute atomic E-state index is 12.7. The van der Waals surface area contributed by atoms with E-state index in [0.717, 1.165) is 42.0 Å². The molecule has 1 aliphatic rings. The molecule has 0 aliphatic carbocycles. The predicted octanol–water partition coefficient (Wildman–Crippen LogP) is 3.27. The van der Waals surface area contributed by atoms with Gasteiger partial charge in [0.05, 0.1) is 11.7 Å². The molecule has 4 heteroatoms. The fourth-order valence-corrected chi connectivity index (χ4v) is 3.02. The van der Waals surface area contributed by atoms with Crippen molar-refractivity contribution in [3.05, 3.63) is 52.9 Å². The summed E-state index contributed by atoms with van der Waals surface area (Å²) in [4.78, 5) is 14.6. The van der Waals surface area contributed by atoms with Crippen molar-refractivity contribution >= 4 is 5.91 Å². The van der Waals surface area contributed by atoms with Crippen LogP contribution in [0.4, 0.5) is 0 Å². The van der Waals surface area contributed by atoms with E-state index >= 15 is 0 Å². The van der Waals surface area contributed by atoms with Gasteiger partial charge in [-0.1, -0.05) is 23.4 Å². The third kappa shape index (κ3) is 2.11. The van der Waals surface area contributed by atoms with Gasteiger partial charge in [0.15, 0.2) is 0 Å². The van der Waals surface area contributed by atoms with Crippen LogP contribution in [0.1, 0.15) is 46.3 Å². The Morgan fingerprint density at radius 3 is 2.70 bits per heavy atom. The molecule has 1 aromatic heterocycles. The summed E-state index contributed by atoms with van der Waals surface area (Å²) < 4.78 is 5.25. The molecule has 0 N–H and O–H groups in total. The summed E-state index contributed by atoms with van der Waals surface area (Å²) in [5.41, 5.74) is 2.71. The van der Waals surface area contributed by atoms with Gasteiger partial charge in [-0.05, 0) is 38.8 Å². The van der Waals surface area contributed by atoms with E-state index in [1.165, 1.54) is 0 Å². The predicted molar refractivity (Wildman–Crippen MR) is 75.4 cm³/mol. The van der Waals surface area contributed by atoms with Crippen molar-refractivity contribution < 1.29 is 9.32 Å².